The molecular weight excluding hydrogens is 332 g/mol. The van der Waals surface area contributed by atoms with Crippen LogP contribution >= 0.6 is 23.4 Å². The summed E-state index contributed by atoms with van der Waals surface area (Å²) in [7, 11) is 0. The van der Waals surface area contributed by atoms with E-state index in [1.807, 2.05) is 30.5 Å². The van der Waals surface area contributed by atoms with Gasteiger partial charge in [0.25, 0.3) is 5.78 Å². The Morgan fingerprint density at radius 3 is 2.74 bits per heavy atom. The number of hydrogen-bond acceptors (Lipinski definition) is 5. The van der Waals surface area contributed by atoms with Gasteiger partial charge in [0.05, 0.1) is 11.3 Å². The van der Waals surface area contributed by atoms with E-state index in [4.69, 9.17) is 11.6 Å². The maximum absolute atomic E-state index is 12.5. The van der Waals surface area contributed by atoms with Crippen LogP contribution in [-0.4, -0.2) is 31.6 Å². The normalized spacial score (nSPS) is 17.5. The van der Waals surface area contributed by atoms with E-state index in [-0.39, 0.29) is 11.7 Å². The van der Waals surface area contributed by atoms with Crippen LogP contribution in [0.5, 0.6) is 0 Å². The van der Waals surface area contributed by atoms with Gasteiger partial charge >= 0.3 is 0 Å². The number of nitrogens with zero attached hydrogens (tertiary/aromatic N) is 4. The third-order valence-electron chi connectivity index (χ3n) is 4.09. The van der Waals surface area contributed by atoms with E-state index < -0.39 is 0 Å². The Bertz CT molecular complexity index is 906. The van der Waals surface area contributed by atoms with E-state index in [2.05, 4.69) is 15.1 Å². The number of aromatic nitrogens is 4. The molecule has 0 spiro atoms. The Kier molecular flexibility index (Phi) is 3.58. The largest absolute Gasteiger partial charge is 0.294 e. The van der Waals surface area contributed by atoms with Gasteiger partial charge in [-0.1, -0.05) is 35.5 Å². The molecule has 7 heteroatoms. The number of rotatable bonds is 2. The molecule has 3 aromatic rings. The summed E-state index contributed by atoms with van der Waals surface area (Å²) < 4.78 is 1.59. The topological polar surface area (TPSA) is 60.1 Å². The smallest absolute Gasteiger partial charge is 0.253 e. The monoisotopic (exact) mass is 344 g/mol. The molecule has 0 radical (unpaired) electrons. The number of carbonyl (C=O) groups excluding carboxylic acids is 1. The minimum atomic E-state index is 0.0989. The fourth-order valence-electron chi connectivity index (χ4n) is 2.92. The number of thioether (sulfide) groups is 1. The van der Waals surface area contributed by atoms with Crippen molar-refractivity contribution in [3.05, 3.63) is 52.3 Å². The van der Waals surface area contributed by atoms with Crippen molar-refractivity contribution in [3.63, 3.8) is 0 Å². The van der Waals surface area contributed by atoms with Crippen molar-refractivity contribution in [1.82, 2.24) is 19.6 Å². The van der Waals surface area contributed by atoms with Crippen molar-refractivity contribution in [2.75, 3.05) is 6.26 Å². The summed E-state index contributed by atoms with van der Waals surface area (Å²) in [5.74, 6) is 0.768. The number of carbonyl (C=O) groups is 1. The quantitative estimate of drug-likeness (QED) is 0.667. The molecule has 0 N–H and O–H groups in total. The first-order valence-electron chi connectivity index (χ1n) is 7.23. The number of benzene rings is 1. The number of fused-ring (bicyclic) bond motifs is 2. The molecule has 23 heavy (non-hydrogen) atoms. The van der Waals surface area contributed by atoms with Crippen molar-refractivity contribution in [2.24, 2.45) is 0 Å². The summed E-state index contributed by atoms with van der Waals surface area (Å²) in [6, 6.07) is 7.67. The molecule has 2 heterocycles. The standard InChI is InChI=1S/C16H13ClN4OS/c1-23-16-19-15-18-13-6-10(9-2-4-11(17)5-3-9)7-14(22)12(13)8-21(15)20-16/h2-5,8,10H,6-7H2,1H3/t10-/m0/s1. The van der Waals surface area contributed by atoms with Gasteiger partial charge < -0.3 is 0 Å². The SMILES string of the molecule is CSc1nc2nc3c(cn2n1)C(=O)C[C@@H](c1ccc(Cl)cc1)C3. The number of hydrogen-bond donors (Lipinski definition) is 0. The highest BCUT2D eigenvalue weighted by molar-refractivity contribution is 7.98. The molecule has 0 bridgehead atoms. The molecule has 0 fully saturated rings. The summed E-state index contributed by atoms with van der Waals surface area (Å²) in [4.78, 5) is 21.4. The zero-order chi connectivity index (χ0) is 16.0. The molecule has 1 aliphatic carbocycles. The molecule has 1 aromatic carbocycles. The lowest BCUT2D eigenvalue weighted by molar-refractivity contribution is 0.0962. The van der Waals surface area contributed by atoms with Crippen LogP contribution in [0, 0.1) is 0 Å². The molecule has 116 valence electrons. The van der Waals surface area contributed by atoms with Crippen LogP contribution in [0.3, 0.4) is 0 Å². The lowest BCUT2D eigenvalue weighted by Crippen LogP contribution is -2.21. The van der Waals surface area contributed by atoms with Crippen molar-refractivity contribution in [3.8, 4) is 0 Å². The average Bonchev–Trinajstić information content (AvgIpc) is 2.96. The van der Waals surface area contributed by atoms with Crippen molar-refractivity contribution < 1.29 is 4.79 Å². The molecule has 0 amide bonds. The average molecular weight is 345 g/mol. The molecule has 0 unspecified atom stereocenters. The molecule has 1 atom stereocenters. The highest BCUT2D eigenvalue weighted by Gasteiger charge is 2.28. The third kappa shape index (κ3) is 2.62. The van der Waals surface area contributed by atoms with E-state index in [1.165, 1.54) is 11.8 Å². The van der Waals surface area contributed by atoms with Gasteiger partial charge in [-0.05, 0) is 36.3 Å². The van der Waals surface area contributed by atoms with Gasteiger partial charge in [0, 0.05) is 17.6 Å². The van der Waals surface area contributed by atoms with Crippen LogP contribution in [0.25, 0.3) is 5.78 Å². The second-order valence-corrected chi connectivity index (χ2v) is 6.73. The summed E-state index contributed by atoms with van der Waals surface area (Å²) in [5.41, 5.74) is 2.57. The fourth-order valence-corrected chi connectivity index (χ4v) is 3.39. The summed E-state index contributed by atoms with van der Waals surface area (Å²) >= 11 is 7.40. The third-order valence-corrected chi connectivity index (χ3v) is 4.88. The Labute approximate surface area is 142 Å². The highest BCUT2D eigenvalue weighted by atomic mass is 35.5. The summed E-state index contributed by atoms with van der Waals surface area (Å²) in [5, 5.41) is 5.65. The lowest BCUT2D eigenvalue weighted by Gasteiger charge is -2.23. The van der Waals surface area contributed by atoms with Gasteiger partial charge in [0.2, 0.25) is 5.16 Å². The summed E-state index contributed by atoms with van der Waals surface area (Å²) in [6.45, 7) is 0. The van der Waals surface area contributed by atoms with Crippen molar-refractivity contribution >= 4 is 34.9 Å². The minimum Gasteiger partial charge on any atom is -0.294 e. The highest BCUT2D eigenvalue weighted by Crippen LogP contribution is 2.32. The number of ketones is 1. The van der Waals surface area contributed by atoms with Crippen LogP contribution < -0.4 is 0 Å². The van der Waals surface area contributed by atoms with E-state index in [0.29, 0.717) is 27.9 Å². The minimum absolute atomic E-state index is 0.0989. The Balaban J connectivity index is 1.75. The van der Waals surface area contributed by atoms with Crippen LogP contribution in [0.4, 0.5) is 0 Å². The van der Waals surface area contributed by atoms with Crippen molar-refractivity contribution in [1.29, 1.82) is 0 Å². The molecule has 4 rings (SSSR count). The van der Waals surface area contributed by atoms with Crippen LogP contribution in [0.2, 0.25) is 5.02 Å². The van der Waals surface area contributed by atoms with Crippen LogP contribution in [0.15, 0.2) is 35.6 Å². The predicted octanol–water partition coefficient (Wildman–Crippen LogP) is 3.41. The van der Waals surface area contributed by atoms with Gasteiger partial charge in [0.1, 0.15) is 0 Å². The van der Waals surface area contributed by atoms with Gasteiger partial charge in [0.15, 0.2) is 5.78 Å². The van der Waals surface area contributed by atoms with Crippen LogP contribution in [-0.2, 0) is 6.42 Å². The molecule has 0 saturated carbocycles. The van der Waals surface area contributed by atoms with Gasteiger partial charge in [-0.15, -0.1) is 5.10 Å². The molecule has 5 nitrogen and oxygen atoms in total. The van der Waals surface area contributed by atoms with E-state index >= 15 is 0 Å². The lowest BCUT2D eigenvalue weighted by atomic mass is 9.82. The maximum Gasteiger partial charge on any atom is 0.253 e. The zero-order valence-electron chi connectivity index (χ0n) is 12.4. The van der Waals surface area contributed by atoms with Gasteiger partial charge in [-0.25, -0.2) is 9.50 Å². The van der Waals surface area contributed by atoms with Crippen LogP contribution in [0.1, 0.15) is 34.0 Å². The maximum atomic E-state index is 12.5. The van der Waals surface area contributed by atoms with E-state index in [1.54, 1.807) is 10.7 Å². The second-order valence-electron chi connectivity index (χ2n) is 5.52. The number of Topliss-reactive ketones (excluding diaryl/α,β-unsaturated/α-hetero) is 1. The van der Waals surface area contributed by atoms with E-state index in [0.717, 1.165) is 17.7 Å². The first kappa shape index (κ1) is 14.7. The summed E-state index contributed by atoms with van der Waals surface area (Å²) in [6.07, 6.45) is 4.87. The Morgan fingerprint density at radius 1 is 1.22 bits per heavy atom. The molecular formula is C16H13ClN4OS. The first-order valence-corrected chi connectivity index (χ1v) is 8.83. The fraction of sp³-hybridized carbons (Fsp3) is 0.250. The van der Waals surface area contributed by atoms with Gasteiger partial charge in [-0.2, -0.15) is 4.98 Å². The molecule has 1 aliphatic rings. The van der Waals surface area contributed by atoms with Crippen molar-refractivity contribution in [2.45, 2.75) is 23.9 Å². The Hall–Kier alpha value is -1.92. The number of halogens is 1. The molecule has 2 aromatic heterocycles. The van der Waals surface area contributed by atoms with E-state index in [9.17, 15) is 4.79 Å². The second kappa shape index (κ2) is 5.62. The Morgan fingerprint density at radius 2 is 2.00 bits per heavy atom. The van der Waals surface area contributed by atoms with Gasteiger partial charge in [-0.3, -0.25) is 4.79 Å². The molecule has 0 saturated heterocycles. The predicted molar refractivity (Wildman–Crippen MR) is 89.4 cm³/mol. The zero-order valence-corrected chi connectivity index (χ0v) is 13.9. The molecule has 0 aliphatic heterocycles. The first-order chi connectivity index (χ1) is 11.1.